The van der Waals surface area contributed by atoms with Crippen molar-refractivity contribution in [2.75, 3.05) is 0 Å². The average Bonchev–Trinajstić information content (AvgIpc) is 2.40. The summed E-state index contributed by atoms with van der Waals surface area (Å²) in [4.78, 5) is 0. The highest BCUT2D eigenvalue weighted by molar-refractivity contribution is 5.40. The van der Waals surface area contributed by atoms with Crippen LogP contribution in [0.15, 0.2) is 42.5 Å². The molecule has 0 fully saturated rings. The summed E-state index contributed by atoms with van der Waals surface area (Å²) in [6.45, 7) is 1.45. The Labute approximate surface area is 118 Å². The first-order valence-electron chi connectivity index (χ1n) is 6.10. The summed E-state index contributed by atoms with van der Waals surface area (Å²) in [5.41, 5.74) is -0.673. The van der Waals surface area contributed by atoms with Crippen LogP contribution < -0.4 is 4.74 Å². The zero-order valence-electron chi connectivity index (χ0n) is 11.0. The Morgan fingerprint density at radius 2 is 1.71 bits per heavy atom. The van der Waals surface area contributed by atoms with Gasteiger partial charge in [-0.25, -0.2) is 4.39 Å². The molecule has 2 aromatic carbocycles. The highest BCUT2D eigenvalue weighted by atomic mass is 19.4. The Kier molecular flexibility index (Phi) is 4.18. The SMILES string of the molecule is CC(O)c1ccc(Oc2ccccc2C(F)(F)F)c(F)c1. The minimum Gasteiger partial charge on any atom is -0.454 e. The fraction of sp³-hybridized carbons (Fsp3) is 0.200. The Hall–Kier alpha value is -2.08. The predicted octanol–water partition coefficient (Wildman–Crippen LogP) is 4.69. The Morgan fingerprint density at radius 1 is 1.05 bits per heavy atom. The van der Waals surface area contributed by atoms with Crippen LogP contribution in [0.5, 0.6) is 11.5 Å². The number of hydrogen-bond donors (Lipinski definition) is 1. The number of ether oxygens (including phenoxy) is 1. The van der Waals surface area contributed by atoms with E-state index in [1.54, 1.807) is 0 Å². The van der Waals surface area contributed by atoms with E-state index in [0.717, 1.165) is 18.2 Å². The fourth-order valence-corrected chi connectivity index (χ4v) is 1.77. The van der Waals surface area contributed by atoms with Crippen LogP contribution in [-0.4, -0.2) is 5.11 Å². The van der Waals surface area contributed by atoms with Gasteiger partial charge in [-0.15, -0.1) is 0 Å². The van der Waals surface area contributed by atoms with Gasteiger partial charge in [-0.2, -0.15) is 13.2 Å². The Bertz CT molecular complexity index is 636. The average molecular weight is 300 g/mol. The molecule has 0 bridgehead atoms. The molecule has 2 rings (SSSR count). The zero-order valence-corrected chi connectivity index (χ0v) is 11.0. The van der Waals surface area contributed by atoms with Crippen LogP contribution in [0.2, 0.25) is 0 Å². The maximum absolute atomic E-state index is 13.8. The Balaban J connectivity index is 2.35. The highest BCUT2D eigenvalue weighted by Gasteiger charge is 2.34. The lowest BCUT2D eigenvalue weighted by molar-refractivity contribution is -0.138. The molecule has 0 radical (unpaired) electrons. The first-order valence-corrected chi connectivity index (χ1v) is 6.10. The summed E-state index contributed by atoms with van der Waals surface area (Å²) >= 11 is 0. The number of hydrogen-bond acceptors (Lipinski definition) is 2. The number of para-hydroxylation sites is 1. The van der Waals surface area contributed by atoms with Crippen molar-refractivity contribution in [3.63, 3.8) is 0 Å². The second-order valence-corrected chi connectivity index (χ2v) is 4.46. The van der Waals surface area contributed by atoms with Crippen molar-refractivity contribution >= 4 is 0 Å². The van der Waals surface area contributed by atoms with Gasteiger partial charge in [-0.05, 0) is 36.8 Å². The van der Waals surface area contributed by atoms with Crippen molar-refractivity contribution in [3.05, 3.63) is 59.4 Å². The molecule has 0 aliphatic carbocycles. The van der Waals surface area contributed by atoms with Crippen molar-refractivity contribution < 1.29 is 27.4 Å². The van der Waals surface area contributed by atoms with E-state index in [4.69, 9.17) is 4.74 Å². The molecular formula is C15H12F4O2. The molecule has 0 aromatic heterocycles. The minimum atomic E-state index is -4.59. The first kappa shape index (κ1) is 15.3. The van der Waals surface area contributed by atoms with E-state index in [-0.39, 0.29) is 5.75 Å². The van der Waals surface area contributed by atoms with Gasteiger partial charge in [0.15, 0.2) is 11.6 Å². The molecule has 2 aromatic rings. The molecule has 21 heavy (non-hydrogen) atoms. The van der Waals surface area contributed by atoms with E-state index < -0.39 is 29.4 Å². The monoisotopic (exact) mass is 300 g/mol. The van der Waals surface area contributed by atoms with Crippen LogP contribution in [0.25, 0.3) is 0 Å². The predicted molar refractivity (Wildman–Crippen MR) is 68.6 cm³/mol. The summed E-state index contributed by atoms with van der Waals surface area (Å²) < 4.78 is 57.3. The zero-order chi connectivity index (χ0) is 15.6. The number of aliphatic hydroxyl groups is 1. The molecule has 0 heterocycles. The van der Waals surface area contributed by atoms with Gasteiger partial charge < -0.3 is 9.84 Å². The van der Waals surface area contributed by atoms with Gasteiger partial charge in [-0.1, -0.05) is 18.2 Å². The van der Waals surface area contributed by atoms with E-state index in [9.17, 15) is 22.7 Å². The van der Waals surface area contributed by atoms with Crippen LogP contribution in [0, 0.1) is 5.82 Å². The molecule has 0 saturated heterocycles. The van der Waals surface area contributed by atoms with Crippen LogP contribution in [0.4, 0.5) is 17.6 Å². The second-order valence-electron chi connectivity index (χ2n) is 4.46. The van der Waals surface area contributed by atoms with Crippen LogP contribution in [-0.2, 0) is 6.18 Å². The molecule has 0 amide bonds. The van der Waals surface area contributed by atoms with Crippen molar-refractivity contribution in [1.82, 2.24) is 0 Å². The van der Waals surface area contributed by atoms with E-state index >= 15 is 0 Å². The van der Waals surface area contributed by atoms with Crippen LogP contribution >= 0.6 is 0 Å². The Morgan fingerprint density at radius 3 is 2.29 bits per heavy atom. The largest absolute Gasteiger partial charge is 0.454 e. The molecule has 0 aliphatic rings. The molecule has 1 N–H and O–H groups in total. The van der Waals surface area contributed by atoms with Crippen molar-refractivity contribution in [3.8, 4) is 11.5 Å². The van der Waals surface area contributed by atoms with E-state index in [2.05, 4.69) is 0 Å². The standard InChI is InChI=1S/C15H12F4O2/c1-9(20)10-6-7-14(12(16)8-10)21-13-5-3-2-4-11(13)15(17,18)19/h2-9,20H,1H3. The number of benzene rings is 2. The van der Waals surface area contributed by atoms with Crippen molar-refractivity contribution in [2.45, 2.75) is 19.2 Å². The quantitative estimate of drug-likeness (QED) is 0.833. The summed E-state index contributed by atoms with van der Waals surface area (Å²) in [5, 5.41) is 9.32. The third-order valence-electron chi connectivity index (χ3n) is 2.85. The van der Waals surface area contributed by atoms with E-state index in [0.29, 0.717) is 5.56 Å². The van der Waals surface area contributed by atoms with Gasteiger partial charge in [0.25, 0.3) is 0 Å². The minimum absolute atomic E-state index is 0.309. The van der Waals surface area contributed by atoms with Gasteiger partial charge in [0.05, 0.1) is 11.7 Å². The third kappa shape index (κ3) is 3.52. The maximum atomic E-state index is 13.8. The third-order valence-corrected chi connectivity index (χ3v) is 2.85. The van der Waals surface area contributed by atoms with Crippen molar-refractivity contribution in [1.29, 1.82) is 0 Å². The van der Waals surface area contributed by atoms with Crippen LogP contribution in [0.1, 0.15) is 24.2 Å². The normalized spacial score (nSPS) is 13.0. The molecular weight excluding hydrogens is 288 g/mol. The smallest absolute Gasteiger partial charge is 0.419 e. The van der Waals surface area contributed by atoms with Gasteiger partial charge in [0.2, 0.25) is 0 Å². The molecule has 1 atom stereocenters. The molecule has 112 valence electrons. The lowest BCUT2D eigenvalue weighted by Gasteiger charge is -2.14. The summed E-state index contributed by atoms with van der Waals surface area (Å²) in [7, 11) is 0. The highest BCUT2D eigenvalue weighted by Crippen LogP contribution is 2.38. The first-order chi connectivity index (χ1) is 9.79. The van der Waals surface area contributed by atoms with Gasteiger partial charge in [0.1, 0.15) is 5.75 Å². The summed E-state index contributed by atoms with van der Waals surface area (Å²) in [5.74, 6) is -1.66. The topological polar surface area (TPSA) is 29.5 Å². The fourth-order valence-electron chi connectivity index (χ4n) is 1.77. The van der Waals surface area contributed by atoms with Gasteiger partial charge in [-0.3, -0.25) is 0 Å². The maximum Gasteiger partial charge on any atom is 0.419 e. The second kappa shape index (κ2) is 5.73. The molecule has 2 nitrogen and oxygen atoms in total. The molecule has 0 saturated carbocycles. The lowest BCUT2D eigenvalue weighted by Crippen LogP contribution is -2.07. The number of alkyl halides is 3. The van der Waals surface area contributed by atoms with Gasteiger partial charge >= 0.3 is 6.18 Å². The van der Waals surface area contributed by atoms with Crippen LogP contribution in [0.3, 0.4) is 0 Å². The number of rotatable bonds is 3. The number of halogens is 4. The molecule has 1 unspecified atom stereocenters. The molecule has 0 spiro atoms. The lowest BCUT2D eigenvalue weighted by atomic mass is 10.1. The van der Waals surface area contributed by atoms with Crippen molar-refractivity contribution in [2.24, 2.45) is 0 Å². The van der Waals surface area contributed by atoms with E-state index in [1.807, 2.05) is 0 Å². The van der Waals surface area contributed by atoms with E-state index in [1.165, 1.54) is 31.2 Å². The molecule has 6 heteroatoms. The summed E-state index contributed by atoms with van der Waals surface area (Å²) in [6, 6.07) is 8.16. The number of aliphatic hydroxyl groups excluding tert-OH is 1. The summed E-state index contributed by atoms with van der Waals surface area (Å²) in [6.07, 6.45) is -5.47. The molecule has 0 aliphatic heterocycles. The van der Waals surface area contributed by atoms with Gasteiger partial charge in [0, 0.05) is 0 Å².